The van der Waals surface area contributed by atoms with Crippen LogP contribution < -0.4 is 4.90 Å². The lowest BCUT2D eigenvalue weighted by Crippen LogP contribution is -2.29. The third-order valence-corrected chi connectivity index (χ3v) is 6.38. The van der Waals surface area contributed by atoms with Crippen LogP contribution in [0.5, 0.6) is 0 Å². The zero-order valence-corrected chi connectivity index (χ0v) is 16.4. The van der Waals surface area contributed by atoms with E-state index < -0.39 is 0 Å². The molecule has 140 valence electrons. The van der Waals surface area contributed by atoms with Gasteiger partial charge in [-0.2, -0.15) is 0 Å². The molecule has 0 saturated carbocycles. The number of fused-ring (bicyclic) bond motifs is 5. The van der Waals surface area contributed by atoms with Crippen molar-refractivity contribution in [3.63, 3.8) is 0 Å². The van der Waals surface area contributed by atoms with Gasteiger partial charge in [0.25, 0.3) is 0 Å². The van der Waals surface area contributed by atoms with Crippen molar-refractivity contribution in [1.82, 2.24) is 4.98 Å². The fraction of sp³-hybridized carbons (Fsp3) is 0.458. The number of para-hydroxylation sites is 1. The number of aromatic nitrogens is 1. The van der Waals surface area contributed by atoms with E-state index in [9.17, 15) is 4.79 Å². The molecule has 2 aromatic carbocycles. The lowest BCUT2D eigenvalue weighted by atomic mass is 9.72. The fourth-order valence-electron chi connectivity index (χ4n) is 5.18. The molecule has 27 heavy (non-hydrogen) atoms. The van der Waals surface area contributed by atoms with Crippen LogP contribution >= 0.6 is 0 Å². The highest BCUT2D eigenvalue weighted by Crippen LogP contribution is 2.44. The molecule has 3 aromatic rings. The van der Waals surface area contributed by atoms with Gasteiger partial charge in [-0.15, -0.1) is 0 Å². The molecule has 0 bridgehead atoms. The van der Waals surface area contributed by atoms with Crippen LogP contribution in [-0.4, -0.2) is 23.9 Å². The summed E-state index contributed by atoms with van der Waals surface area (Å²) in [4.78, 5) is 19.4. The van der Waals surface area contributed by atoms with E-state index in [1.165, 1.54) is 42.3 Å². The van der Waals surface area contributed by atoms with E-state index in [2.05, 4.69) is 54.1 Å². The van der Waals surface area contributed by atoms with Gasteiger partial charge in [-0.1, -0.05) is 44.9 Å². The molecule has 0 spiro atoms. The Labute approximate surface area is 160 Å². The van der Waals surface area contributed by atoms with Crippen molar-refractivity contribution < 1.29 is 4.79 Å². The van der Waals surface area contributed by atoms with Crippen LogP contribution in [-0.2, 0) is 6.42 Å². The smallest absolute Gasteiger partial charge is 0.164 e. The van der Waals surface area contributed by atoms with Crippen molar-refractivity contribution in [3.05, 3.63) is 41.5 Å². The predicted octanol–water partition coefficient (Wildman–Crippen LogP) is 5.86. The zero-order valence-electron chi connectivity index (χ0n) is 16.4. The van der Waals surface area contributed by atoms with Gasteiger partial charge in [0.1, 0.15) is 0 Å². The largest absolute Gasteiger partial charge is 0.370 e. The second kappa shape index (κ2) is 6.12. The first kappa shape index (κ1) is 16.9. The first-order valence-electron chi connectivity index (χ1n) is 10.4. The van der Waals surface area contributed by atoms with Crippen LogP contribution in [0.25, 0.3) is 21.8 Å². The number of nitrogens with zero attached hydrogens (tertiary/aromatic N) is 1. The lowest BCUT2D eigenvalue weighted by molar-refractivity contribution is 0.0914. The molecule has 3 heteroatoms. The molecule has 1 aromatic heterocycles. The van der Waals surface area contributed by atoms with Crippen LogP contribution in [0.4, 0.5) is 5.69 Å². The lowest BCUT2D eigenvalue weighted by Gasteiger charge is -2.32. The molecule has 2 aliphatic rings. The molecule has 5 rings (SSSR count). The monoisotopic (exact) mass is 360 g/mol. The van der Waals surface area contributed by atoms with Crippen LogP contribution in [0.1, 0.15) is 61.9 Å². The van der Waals surface area contributed by atoms with E-state index in [0.717, 1.165) is 41.5 Å². The number of carbonyl (C=O) groups excluding carboxylic acids is 1. The van der Waals surface area contributed by atoms with E-state index in [1.54, 1.807) is 0 Å². The molecule has 0 atom stereocenters. The Hall–Kier alpha value is -2.29. The van der Waals surface area contributed by atoms with E-state index >= 15 is 0 Å². The number of nitrogens with one attached hydrogen (secondary N) is 1. The Morgan fingerprint density at radius 3 is 2.52 bits per heavy atom. The van der Waals surface area contributed by atoms with Gasteiger partial charge in [0, 0.05) is 41.4 Å². The predicted molar refractivity (Wildman–Crippen MR) is 113 cm³/mol. The average molecular weight is 361 g/mol. The van der Waals surface area contributed by atoms with Crippen LogP contribution in [0.3, 0.4) is 0 Å². The van der Waals surface area contributed by atoms with Crippen molar-refractivity contribution in [1.29, 1.82) is 0 Å². The number of rotatable bonds is 1. The first-order valence-corrected chi connectivity index (χ1v) is 10.4. The number of hydrogen-bond acceptors (Lipinski definition) is 2. The number of hydrogen-bond donors (Lipinski definition) is 1. The Morgan fingerprint density at radius 2 is 1.74 bits per heavy atom. The normalized spacial score (nSPS) is 20.1. The van der Waals surface area contributed by atoms with Gasteiger partial charge in [-0.3, -0.25) is 4.79 Å². The van der Waals surface area contributed by atoms with Gasteiger partial charge in [0.05, 0.1) is 11.2 Å². The van der Waals surface area contributed by atoms with Gasteiger partial charge in [-0.25, -0.2) is 0 Å². The molecular weight excluding hydrogens is 332 g/mol. The van der Waals surface area contributed by atoms with Crippen LogP contribution in [0.15, 0.2) is 30.3 Å². The number of aromatic amines is 1. The number of benzene rings is 2. The van der Waals surface area contributed by atoms with Gasteiger partial charge in [-0.05, 0) is 42.4 Å². The summed E-state index contributed by atoms with van der Waals surface area (Å²) in [6.07, 6.45) is 6.76. The molecule has 2 heterocycles. The highest BCUT2D eigenvalue weighted by molar-refractivity contribution is 6.22. The van der Waals surface area contributed by atoms with Crippen molar-refractivity contribution in [2.45, 2.75) is 52.4 Å². The van der Waals surface area contributed by atoms with E-state index in [4.69, 9.17) is 0 Å². The molecule has 0 radical (unpaired) electrons. The van der Waals surface area contributed by atoms with Crippen LogP contribution in [0.2, 0.25) is 0 Å². The summed E-state index contributed by atoms with van der Waals surface area (Å²) >= 11 is 0. The third kappa shape index (κ3) is 2.75. The average Bonchev–Trinajstić information content (AvgIpc) is 2.81. The third-order valence-electron chi connectivity index (χ3n) is 6.38. The summed E-state index contributed by atoms with van der Waals surface area (Å²) in [5.74, 6) is 0.304. The Bertz CT molecular complexity index is 1040. The Kier molecular flexibility index (Phi) is 3.82. The first-order chi connectivity index (χ1) is 13.0. The van der Waals surface area contributed by atoms with Crippen molar-refractivity contribution in [2.75, 3.05) is 18.0 Å². The highest BCUT2D eigenvalue weighted by Gasteiger charge is 2.34. The second-order valence-electron chi connectivity index (χ2n) is 9.19. The summed E-state index contributed by atoms with van der Waals surface area (Å²) in [5.41, 5.74) is 5.85. The SMILES string of the molecule is CC1(C)CC(=O)c2c(cc(N3CCCCCC3)c3[nH]c4ccccc4c23)C1. The molecule has 1 fully saturated rings. The summed E-state index contributed by atoms with van der Waals surface area (Å²) in [6.45, 7) is 6.67. The van der Waals surface area contributed by atoms with E-state index in [1.807, 2.05) is 0 Å². The van der Waals surface area contributed by atoms with Gasteiger partial charge in [0.15, 0.2) is 5.78 Å². The number of anilines is 1. The summed E-state index contributed by atoms with van der Waals surface area (Å²) in [7, 11) is 0. The highest BCUT2D eigenvalue weighted by atomic mass is 16.1. The van der Waals surface area contributed by atoms with E-state index in [0.29, 0.717) is 12.2 Å². The minimum absolute atomic E-state index is 0.0416. The second-order valence-corrected chi connectivity index (χ2v) is 9.19. The van der Waals surface area contributed by atoms with Gasteiger partial charge < -0.3 is 9.88 Å². The summed E-state index contributed by atoms with van der Waals surface area (Å²) < 4.78 is 0. The molecule has 3 nitrogen and oxygen atoms in total. The standard InChI is InChI=1S/C24H28N2O/c1-24(2)14-16-13-19(26-11-7-3-4-8-12-26)23-22(21(16)20(27)15-24)17-9-5-6-10-18(17)25-23/h5-6,9-10,13,25H,3-4,7-8,11-12,14-15H2,1-2H3. The van der Waals surface area contributed by atoms with Crippen molar-refractivity contribution in [3.8, 4) is 0 Å². The number of H-pyrrole nitrogens is 1. The summed E-state index contributed by atoms with van der Waals surface area (Å²) in [6, 6.07) is 10.8. The molecule has 1 saturated heterocycles. The van der Waals surface area contributed by atoms with Crippen molar-refractivity contribution in [2.24, 2.45) is 5.41 Å². The fourth-order valence-corrected chi connectivity index (χ4v) is 5.18. The Balaban J connectivity index is 1.83. The molecule has 0 amide bonds. The van der Waals surface area contributed by atoms with Gasteiger partial charge in [0.2, 0.25) is 0 Å². The van der Waals surface area contributed by atoms with Crippen LogP contribution in [0, 0.1) is 5.41 Å². The number of Topliss-reactive ketones (excluding diaryl/α,β-unsaturated/α-hetero) is 1. The van der Waals surface area contributed by atoms with E-state index in [-0.39, 0.29) is 5.41 Å². The van der Waals surface area contributed by atoms with Crippen molar-refractivity contribution >= 4 is 33.3 Å². The molecule has 1 N–H and O–H groups in total. The maximum Gasteiger partial charge on any atom is 0.164 e. The topological polar surface area (TPSA) is 36.1 Å². The maximum absolute atomic E-state index is 13.2. The Morgan fingerprint density at radius 1 is 1.00 bits per heavy atom. The molecule has 1 aliphatic heterocycles. The minimum atomic E-state index is 0.0416. The quantitative estimate of drug-likeness (QED) is 0.590. The molecule has 1 aliphatic carbocycles. The zero-order chi connectivity index (χ0) is 18.6. The molecule has 0 unspecified atom stereocenters. The maximum atomic E-state index is 13.2. The van der Waals surface area contributed by atoms with Gasteiger partial charge >= 0.3 is 0 Å². The number of ketones is 1. The number of carbonyl (C=O) groups is 1. The summed E-state index contributed by atoms with van der Waals surface area (Å²) in [5, 5.41) is 2.34. The molecular formula is C24H28N2O. The minimum Gasteiger partial charge on any atom is -0.370 e.